The molecule has 2 aromatic heterocycles. The molecule has 0 spiro atoms. The highest BCUT2D eigenvalue weighted by molar-refractivity contribution is 5.29. The largest absolute Gasteiger partial charge is 0.433 e. The van der Waals surface area contributed by atoms with Crippen LogP contribution in [0.1, 0.15) is 24.1 Å². The molecular weight excluding hydrogens is 331 g/mol. The number of anilines is 1. The quantitative estimate of drug-likeness (QED) is 0.847. The summed E-state index contributed by atoms with van der Waals surface area (Å²) in [5.74, 6) is 0.686. The predicted molar refractivity (Wildman–Crippen MR) is 88.0 cm³/mol. The molecule has 134 valence electrons. The Kier molecular flexibility index (Phi) is 5.17. The Morgan fingerprint density at radius 2 is 1.96 bits per heavy atom. The Morgan fingerprint density at radius 1 is 1.20 bits per heavy atom. The molecule has 0 aliphatic carbocycles. The van der Waals surface area contributed by atoms with Crippen LogP contribution in [0.3, 0.4) is 0 Å². The predicted octanol–water partition coefficient (Wildman–Crippen LogP) is 2.99. The number of halogens is 3. The van der Waals surface area contributed by atoms with Gasteiger partial charge in [0.25, 0.3) is 0 Å². The van der Waals surface area contributed by atoms with E-state index in [4.69, 9.17) is 0 Å². The van der Waals surface area contributed by atoms with Gasteiger partial charge in [0, 0.05) is 44.8 Å². The maximum atomic E-state index is 12.6. The third-order valence-corrected chi connectivity index (χ3v) is 4.42. The summed E-state index contributed by atoms with van der Waals surface area (Å²) in [6.07, 6.45) is 2.41. The normalized spacial score (nSPS) is 19.0. The molecule has 0 aromatic carbocycles. The summed E-state index contributed by atoms with van der Waals surface area (Å²) in [7, 11) is 1.98. The van der Waals surface area contributed by atoms with Crippen LogP contribution >= 0.6 is 0 Å². The van der Waals surface area contributed by atoms with E-state index in [2.05, 4.69) is 24.8 Å². The molecule has 0 N–H and O–H groups in total. The lowest BCUT2D eigenvalue weighted by molar-refractivity contribution is -0.141. The van der Waals surface area contributed by atoms with E-state index in [-0.39, 0.29) is 6.04 Å². The lowest BCUT2D eigenvalue weighted by Crippen LogP contribution is -2.46. The molecule has 3 rings (SSSR count). The van der Waals surface area contributed by atoms with Crippen molar-refractivity contribution in [3.8, 4) is 0 Å². The number of likely N-dealkylation sites (N-methyl/N-ethyl adjacent to an activating group) is 1. The standard InChI is InChI=1S/C17H20F3N5/c1-24(16-21-7-3-8-22-16)14-4-2-9-25(12-14)11-13-5-6-15(23-10-13)17(18,19)20/h3,5-8,10,14H,2,4,9,11-12H2,1H3. The Bertz CT molecular complexity index is 675. The van der Waals surface area contributed by atoms with Crippen molar-refractivity contribution >= 4 is 5.95 Å². The van der Waals surface area contributed by atoms with E-state index in [0.717, 1.165) is 37.6 Å². The van der Waals surface area contributed by atoms with E-state index in [9.17, 15) is 13.2 Å². The summed E-state index contributed by atoms with van der Waals surface area (Å²) < 4.78 is 37.8. The molecule has 1 unspecified atom stereocenters. The number of hydrogen-bond donors (Lipinski definition) is 0. The van der Waals surface area contributed by atoms with Crippen LogP contribution in [0.25, 0.3) is 0 Å². The van der Waals surface area contributed by atoms with Crippen LogP contribution in [0.4, 0.5) is 19.1 Å². The average Bonchev–Trinajstić information content (AvgIpc) is 2.62. The molecule has 0 saturated carbocycles. The minimum Gasteiger partial charge on any atom is -0.340 e. The second-order valence-electron chi connectivity index (χ2n) is 6.24. The van der Waals surface area contributed by atoms with Gasteiger partial charge in [-0.15, -0.1) is 0 Å². The first-order valence-electron chi connectivity index (χ1n) is 8.18. The summed E-state index contributed by atoms with van der Waals surface area (Å²) in [5.41, 5.74) is -0.0685. The Hall–Kier alpha value is -2.22. The van der Waals surface area contributed by atoms with Crippen molar-refractivity contribution in [2.45, 2.75) is 31.6 Å². The molecule has 0 amide bonds. The summed E-state index contributed by atoms with van der Waals surface area (Å²) in [5, 5.41) is 0. The van der Waals surface area contributed by atoms with Crippen LogP contribution in [0.2, 0.25) is 0 Å². The fraction of sp³-hybridized carbons (Fsp3) is 0.471. The lowest BCUT2D eigenvalue weighted by atomic mass is 10.0. The number of aromatic nitrogens is 3. The molecule has 25 heavy (non-hydrogen) atoms. The van der Waals surface area contributed by atoms with E-state index in [1.165, 1.54) is 12.3 Å². The fourth-order valence-corrected chi connectivity index (χ4v) is 3.07. The smallest absolute Gasteiger partial charge is 0.340 e. The third-order valence-electron chi connectivity index (χ3n) is 4.42. The summed E-state index contributed by atoms with van der Waals surface area (Å²) in [4.78, 5) is 16.4. The zero-order valence-corrected chi connectivity index (χ0v) is 13.9. The van der Waals surface area contributed by atoms with Gasteiger partial charge in [-0.1, -0.05) is 6.07 Å². The van der Waals surface area contributed by atoms with Gasteiger partial charge in [0.05, 0.1) is 0 Å². The SMILES string of the molecule is CN(c1ncccn1)C1CCCN(Cc2ccc(C(F)(F)F)nc2)C1. The summed E-state index contributed by atoms with van der Waals surface area (Å²) in [6, 6.07) is 4.60. The van der Waals surface area contributed by atoms with E-state index in [1.807, 2.05) is 7.05 Å². The van der Waals surface area contributed by atoms with Gasteiger partial charge in [-0.3, -0.25) is 9.88 Å². The maximum absolute atomic E-state index is 12.6. The minimum atomic E-state index is -4.40. The molecule has 8 heteroatoms. The van der Waals surface area contributed by atoms with Crippen molar-refractivity contribution in [1.82, 2.24) is 19.9 Å². The number of alkyl halides is 3. The van der Waals surface area contributed by atoms with Crippen LogP contribution in [-0.2, 0) is 12.7 Å². The van der Waals surface area contributed by atoms with E-state index in [1.54, 1.807) is 18.5 Å². The Labute approximate surface area is 144 Å². The molecule has 1 atom stereocenters. The zero-order chi connectivity index (χ0) is 17.9. The highest BCUT2D eigenvalue weighted by atomic mass is 19.4. The zero-order valence-electron chi connectivity index (χ0n) is 13.9. The first-order chi connectivity index (χ1) is 11.9. The molecule has 5 nitrogen and oxygen atoms in total. The first kappa shape index (κ1) is 17.6. The Morgan fingerprint density at radius 3 is 2.60 bits per heavy atom. The topological polar surface area (TPSA) is 45.2 Å². The monoisotopic (exact) mass is 351 g/mol. The molecule has 3 heterocycles. The second kappa shape index (κ2) is 7.35. The molecule has 1 fully saturated rings. The van der Waals surface area contributed by atoms with E-state index >= 15 is 0 Å². The number of hydrogen-bond acceptors (Lipinski definition) is 5. The van der Waals surface area contributed by atoms with E-state index in [0.29, 0.717) is 12.5 Å². The molecule has 0 radical (unpaired) electrons. The van der Waals surface area contributed by atoms with Crippen LogP contribution in [0.5, 0.6) is 0 Å². The van der Waals surface area contributed by atoms with Gasteiger partial charge in [0.15, 0.2) is 0 Å². The minimum absolute atomic E-state index is 0.276. The molecule has 1 saturated heterocycles. The van der Waals surface area contributed by atoms with Crippen LogP contribution in [0, 0.1) is 0 Å². The van der Waals surface area contributed by atoms with E-state index < -0.39 is 11.9 Å². The van der Waals surface area contributed by atoms with Crippen molar-refractivity contribution in [1.29, 1.82) is 0 Å². The first-order valence-corrected chi connectivity index (χ1v) is 8.18. The highest BCUT2D eigenvalue weighted by Gasteiger charge is 2.32. The molecule has 1 aliphatic heterocycles. The average molecular weight is 351 g/mol. The van der Waals surface area contributed by atoms with Gasteiger partial charge in [-0.25, -0.2) is 9.97 Å². The molecular formula is C17H20F3N5. The van der Waals surface area contributed by atoms with Crippen molar-refractivity contribution in [3.63, 3.8) is 0 Å². The van der Waals surface area contributed by atoms with Crippen LogP contribution in [-0.4, -0.2) is 46.0 Å². The highest BCUT2D eigenvalue weighted by Crippen LogP contribution is 2.27. The van der Waals surface area contributed by atoms with Crippen LogP contribution in [0.15, 0.2) is 36.8 Å². The van der Waals surface area contributed by atoms with Crippen molar-refractivity contribution in [3.05, 3.63) is 48.0 Å². The summed E-state index contributed by atoms with van der Waals surface area (Å²) >= 11 is 0. The van der Waals surface area contributed by atoms with Gasteiger partial charge in [0.2, 0.25) is 5.95 Å². The van der Waals surface area contributed by atoms with Crippen molar-refractivity contribution < 1.29 is 13.2 Å². The number of rotatable bonds is 4. The van der Waals surface area contributed by atoms with Gasteiger partial charge < -0.3 is 4.90 Å². The van der Waals surface area contributed by atoms with Crippen LogP contribution < -0.4 is 4.90 Å². The second-order valence-corrected chi connectivity index (χ2v) is 6.24. The lowest BCUT2D eigenvalue weighted by Gasteiger charge is -2.37. The number of pyridine rings is 1. The summed E-state index contributed by atoms with van der Waals surface area (Å²) in [6.45, 7) is 2.32. The third kappa shape index (κ3) is 4.45. The number of piperidine rings is 1. The molecule has 0 bridgehead atoms. The van der Waals surface area contributed by atoms with Crippen molar-refractivity contribution in [2.75, 3.05) is 25.0 Å². The number of nitrogens with zero attached hydrogens (tertiary/aromatic N) is 5. The fourth-order valence-electron chi connectivity index (χ4n) is 3.07. The number of likely N-dealkylation sites (tertiary alicyclic amines) is 1. The Balaban J connectivity index is 1.62. The molecule has 1 aliphatic rings. The van der Waals surface area contributed by atoms with Gasteiger partial charge in [-0.05, 0) is 37.1 Å². The van der Waals surface area contributed by atoms with Crippen molar-refractivity contribution in [2.24, 2.45) is 0 Å². The maximum Gasteiger partial charge on any atom is 0.433 e. The van der Waals surface area contributed by atoms with Gasteiger partial charge >= 0.3 is 6.18 Å². The van der Waals surface area contributed by atoms with Gasteiger partial charge in [0.1, 0.15) is 5.69 Å². The van der Waals surface area contributed by atoms with Gasteiger partial charge in [-0.2, -0.15) is 13.2 Å². The molecule has 2 aromatic rings.